The third kappa shape index (κ3) is 4.63. The third-order valence-electron chi connectivity index (χ3n) is 5.27. The number of hydrogen-bond donors (Lipinski definition) is 2. The minimum atomic E-state index is -0.189. The Bertz CT molecular complexity index is 1050. The molecule has 4 rings (SSSR count). The smallest absolute Gasteiger partial charge is 0.126 e. The molecule has 3 nitrogen and oxygen atoms in total. The van der Waals surface area contributed by atoms with E-state index in [4.69, 9.17) is 4.99 Å². The maximum absolute atomic E-state index is 10.5. The molecule has 2 N–H and O–H groups in total. The summed E-state index contributed by atoms with van der Waals surface area (Å²) in [7, 11) is 0. The van der Waals surface area contributed by atoms with Gasteiger partial charge in [0.1, 0.15) is 11.9 Å². The largest absolute Gasteiger partial charge is 0.508 e. The molecule has 0 aromatic heterocycles. The predicted octanol–water partition coefficient (Wildman–Crippen LogP) is 6.70. The van der Waals surface area contributed by atoms with Gasteiger partial charge in [-0.1, -0.05) is 75.2 Å². The minimum absolute atomic E-state index is 0.0465. The fourth-order valence-electron chi connectivity index (χ4n) is 3.67. The average Bonchev–Trinajstić information content (AvgIpc) is 2.75. The quantitative estimate of drug-likeness (QED) is 0.407. The van der Waals surface area contributed by atoms with Crippen molar-refractivity contribution in [3.05, 3.63) is 97.9 Å². The van der Waals surface area contributed by atoms with E-state index in [-0.39, 0.29) is 12.2 Å². The lowest BCUT2D eigenvalue weighted by Crippen LogP contribution is -2.33. The van der Waals surface area contributed by atoms with Gasteiger partial charge in [-0.15, -0.1) is 0 Å². The second kappa shape index (κ2) is 8.82. The van der Waals surface area contributed by atoms with Crippen LogP contribution in [-0.2, 0) is 6.42 Å². The Morgan fingerprint density at radius 1 is 1.00 bits per heavy atom. The molecule has 3 aromatic carbocycles. The van der Waals surface area contributed by atoms with E-state index < -0.39 is 0 Å². The molecular formula is C24H22Br2N2O. The number of phenols is 1. The maximum atomic E-state index is 10.5. The first-order valence-corrected chi connectivity index (χ1v) is 11.3. The van der Waals surface area contributed by atoms with Crippen LogP contribution in [0.1, 0.15) is 47.8 Å². The highest BCUT2D eigenvalue weighted by Gasteiger charge is 2.28. The SMILES string of the molecule is CCc1ccc(C2=N[C@H](c3cccc(Br)c3)N[C@H](c3cc(Br)ccc3O)C2)cc1. The standard InChI is InChI=1S/C24H22Br2N2O/c1-2-15-6-8-16(9-7-15)21-14-22(20-13-19(26)10-11-23(20)29)28-24(27-21)17-4-3-5-18(25)12-17/h3-13,22,24,28-29H,2,14H2,1H3/t22-,24-/m0/s1. The van der Waals surface area contributed by atoms with E-state index in [0.717, 1.165) is 37.8 Å². The lowest BCUT2D eigenvalue weighted by Gasteiger charge is -2.31. The predicted molar refractivity (Wildman–Crippen MR) is 126 cm³/mol. The molecule has 0 fully saturated rings. The zero-order chi connectivity index (χ0) is 20.4. The van der Waals surface area contributed by atoms with E-state index in [0.29, 0.717) is 12.2 Å². The number of aliphatic imine (C=N–C) groups is 1. The molecule has 2 atom stereocenters. The van der Waals surface area contributed by atoms with E-state index in [1.807, 2.05) is 24.3 Å². The molecule has 0 saturated carbocycles. The zero-order valence-electron chi connectivity index (χ0n) is 16.1. The summed E-state index contributed by atoms with van der Waals surface area (Å²) < 4.78 is 1.97. The van der Waals surface area contributed by atoms with Crippen LogP contribution in [0.2, 0.25) is 0 Å². The Balaban J connectivity index is 1.76. The number of benzene rings is 3. The molecule has 1 heterocycles. The first-order valence-electron chi connectivity index (χ1n) is 9.69. The first-order chi connectivity index (χ1) is 14.0. The molecular weight excluding hydrogens is 492 g/mol. The molecule has 1 aliphatic rings. The topological polar surface area (TPSA) is 44.6 Å². The zero-order valence-corrected chi connectivity index (χ0v) is 19.2. The Labute approximate surface area is 188 Å². The van der Waals surface area contributed by atoms with Gasteiger partial charge in [0.05, 0.1) is 0 Å². The maximum Gasteiger partial charge on any atom is 0.126 e. The van der Waals surface area contributed by atoms with Gasteiger partial charge in [-0.25, -0.2) is 0 Å². The number of aryl methyl sites for hydroxylation is 1. The van der Waals surface area contributed by atoms with E-state index in [1.165, 1.54) is 5.56 Å². The average molecular weight is 514 g/mol. The molecule has 0 spiro atoms. The Morgan fingerprint density at radius 2 is 1.76 bits per heavy atom. The normalized spacial score (nSPS) is 19.1. The molecule has 0 radical (unpaired) electrons. The monoisotopic (exact) mass is 512 g/mol. The fourth-order valence-corrected chi connectivity index (χ4v) is 4.46. The highest BCUT2D eigenvalue weighted by Crippen LogP contribution is 2.36. The van der Waals surface area contributed by atoms with Crippen LogP contribution in [0.4, 0.5) is 0 Å². The van der Waals surface area contributed by atoms with Gasteiger partial charge in [0.2, 0.25) is 0 Å². The number of hydrogen-bond acceptors (Lipinski definition) is 3. The van der Waals surface area contributed by atoms with Crippen LogP contribution in [0.15, 0.2) is 80.7 Å². The summed E-state index contributed by atoms with van der Waals surface area (Å²) in [6, 6.07) is 22.3. The van der Waals surface area contributed by atoms with Gasteiger partial charge in [0.25, 0.3) is 0 Å². The lowest BCUT2D eigenvalue weighted by molar-refractivity contribution is 0.412. The van der Waals surface area contributed by atoms with Gasteiger partial charge in [0, 0.05) is 32.7 Å². The van der Waals surface area contributed by atoms with Gasteiger partial charge in [-0.2, -0.15) is 0 Å². The summed E-state index contributed by atoms with van der Waals surface area (Å²) in [5, 5.41) is 14.1. The van der Waals surface area contributed by atoms with Crippen LogP contribution in [0, 0.1) is 0 Å². The van der Waals surface area contributed by atoms with Gasteiger partial charge >= 0.3 is 0 Å². The highest BCUT2D eigenvalue weighted by atomic mass is 79.9. The van der Waals surface area contributed by atoms with Crippen molar-refractivity contribution in [2.24, 2.45) is 4.99 Å². The van der Waals surface area contributed by atoms with Crippen LogP contribution in [-0.4, -0.2) is 10.8 Å². The molecule has 148 valence electrons. The lowest BCUT2D eigenvalue weighted by atomic mass is 9.93. The molecule has 0 aliphatic carbocycles. The van der Waals surface area contributed by atoms with Crippen molar-refractivity contribution in [3.8, 4) is 5.75 Å². The second-order valence-electron chi connectivity index (χ2n) is 7.21. The summed E-state index contributed by atoms with van der Waals surface area (Å²) in [4.78, 5) is 5.04. The van der Waals surface area contributed by atoms with E-state index in [1.54, 1.807) is 6.07 Å². The van der Waals surface area contributed by atoms with Gasteiger partial charge in [-0.05, 0) is 53.4 Å². The summed E-state index contributed by atoms with van der Waals surface area (Å²) >= 11 is 7.10. The van der Waals surface area contributed by atoms with Crippen molar-refractivity contribution >= 4 is 37.6 Å². The van der Waals surface area contributed by atoms with Crippen molar-refractivity contribution in [2.45, 2.75) is 32.0 Å². The van der Waals surface area contributed by atoms with Crippen LogP contribution >= 0.6 is 31.9 Å². The first kappa shape index (κ1) is 20.3. The number of halogens is 2. The minimum Gasteiger partial charge on any atom is -0.508 e. The van der Waals surface area contributed by atoms with Crippen molar-refractivity contribution in [2.75, 3.05) is 0 Å². The molecule has 3 aromatic rings. The number of nitrogens with zero attached hydrogens (tertiary/aromatic N) is 1. The summed E-state index contributed by atoms with van der Waals surface area (Å²) in [6.45, 7) is 2.16. The summed E-state index contributed by atoms with van der Waals surface area (Å²) in [5.74, 6) is 0.293. The molecule has 0 amide bonds. The number of phenolic OH excluding ortho intramolecular Hbond substituents is 1. The van der Waals surface area contributed by atoms with Crippen molar-refractivity contribution < 1.29 is 5.11 Å². The van der Waals surface area contributed by atoms with Crippen LogP contribution in [0.5, 0.6) is 5.75 Å². The van der Waals surface area contributed by atoms with E-state index in [2.05, 4.69) is 80.5 Å². The number of nitrogens with one attached hydrogen (secondary N) is 1. The Morgan fingerprint density at radius 3 is 2.48 bits per heavy atom. The van der Waals surface area contributed by atoms with Crippen molar-refractivity contribution in [3.63, 3.8) is 0 Å². The fraction of sp³-hybridized carbons (Fsp3) is 0.208. The summed E-state index contributed by atoms with van der Waals surface area (Å²) in [6.07, 6.45) is 1.54. The molecule has 0 saturated heterocycles. The Kier molecular flexibility index (Phi) is 6.18. The van der Waals surface area contributed by atoms with Crippen LogP contribution in [0.25, 0.3) is 0 Å². The van der Waals surface area contributed by atoms with Gasteiger partial charge in [-0.3, -0.25) is 10.3 Å². The number of rotatable bonds is 4. The molecule has 5 heteroatoms. The van der Waals surface area contributed by atoms with Gasteiger partial charge in [0.15, 0.2) is 0 Å². The highest BCUT2D eigenvalue weighted by molar-refractivity contribution is 9.10. The number of aromatic hydroxyl groups is 1. The van der Waals surface area contributed by atoms with Crippen LogP contribution < -0.4 is 5.32 Å². The van der Waals surface area contributed by atoms with Crippen molar-refractivity contribution in [1.29, 1.82) is 0 Å². The molecule has 1 aliphatic heterocycles. The third-order valence-corrected chi connectivity index (χ3v) is 6.25. The molecule has 0 unspecified atom stereocenters. The van der Waals surface area contributed by atoms with E-state index >= 15 is 0 Å². The van der Waals surface area contributed by atoms with Crippen LogP contribution in [0.3, 0.4) is 0 Å². The second-order valence-corrected chi connectivity index (χ2v) is 9.04. The Hall–Kier alpha value is -1.95. The van der Waals surface area contributed by atoms with E-state index in [9.17, 15) is 5.11 Å². The van der Waals surface area contributed by atoms with Gasteiger partial charge < -0.3 is 5.11 Å². The van der Waals surface area contributed by atoms with Crippen molar-refractivity contribution in [1.82, 2.24) is 5.32 Å². The molecule has 0 bridgehead atoms. The summed E-state index contributed by atoms with van der Waals surface area (Å²) in [5.41, 5.74) is 5.44. The molecule has 29 heavy (non-hydrogen) atoms.